The molecule has 0 aromatic heterocycles. The van der Waals surface area contributed by atoms with Gasteiger partial charge in [-0.25, -0.2) is 4.79 Å². The molecule has 0 radical (unpaired) electrons. The summed E-state index contributed by atoms with van der Waals surface area (Å²) in [7, 11) is 0. The van der Waals surface area contributed by atoms with Gasteiger partial charge >= 0.3 is 6.16 Å². The van der Waals surface area contributed by atoms with Gasteiger partial charge in [0.15, 0.2) is 6.29 Å². The van der Waals surface area contributed by atoms with Crippen molar-refractivity contribution < 1.29 is 28.8 Å². The van der Waals surface area contributed by atoms with Crippen LogP contribution in [0.1, 0.15) is 90.2 Å². The van der Waals surface area contributed by atoms with E-state index in [1.54, 1.807) is 0 Å². The number of nitroso groups, excluding NO2 is 1. The van der Waals surface area contributed by atoms with Gasteiger partial charge in [-0.1, -0.05) is 71.3 Å². The van der Waals surface area contributed by atoms with E-state index in [0.29, 0.717) is 18.6 Å². The van der Waals surface area contributed by atoms with Crippen LogP contribution in [0, 0.1) is 10.3 Å². The Morgan fingerprint density at radius 1 is 1.18 bits per heavy atom. The zero-order chi connectivity index (χ0) is 25.3. The second-order valence-electron chi connectivity index (χ2n) is 10.2. The molecule has 1 aromatic carbocycles. The van der Waals surface area contributed by atoms with Crippen LogP contribution >= 0.6 is 0 Å². The number of rotatable bonds is 12. The zero-order valence-electron chi connectivity index (χ0n) is 21.4. The normalized spacial score (nSPS) is 22.4. The average Bonchev–Trinajstić information content (AvgIpc) is 2.76. The highest BCUT2D eigenvalue weighted by molar-refractivity contribution is 5.66. The highest BCUT2D eigenvalue weighted by Gasteiger charge is 2.33. The van der Waals surface area contributed by atoms with Gasteiger partial charge in [-0.15, -0.1) is 0 Å². The van der Waals surface area contributed by atoms with Crippen LogP contribution in [0.15, 0.2) is 23.4 Å². The molecular formula is C26H41NO7. The fraction of sp³-hybridized carbons (Fsp3) is 0.731. The third-order valence-corrected chi connectivity index (χ3v) is 6.14. The number of nitrogens with zero attached hydrogens (tertiary/aromatic N) is 1. The van der Waals surface area contributed by atoms with E-state index in [2.05, 4.69) is 39.8 Å². The van der Waals surface area contributed by atoms with Crippen LogP contribution in [-0.2, 0) is 14.2 Å². The van der Waals surface area contributed by atoms with Gasteiger partial charge < -0.3 is 24.1 Å². The van der Waals surface area contributed by atoms with Crippen molar-refractivity contribution in [1.29, 1.82) is 0 Å². The van der Waals surface area contributed by atoms with Crippen LogP contribution < -0.4 is 4.74 Å². The molecule has 1 aromatic rings. The molecule has 0 bridgehead atoms. The fourth-order valence-corrected chi connectivity index (χ4v) is 4.29. The predicted octanol–water partition coefficient (Wildman–Crippen LogP) is 5.90. The maximum absolute atomic E-state index is 12.7. The molecule has 4 atom stereocenters. The Labute approximate surface area is 203 Å². The summed E-state index contributed by atoms with van der Waals surface area (Å²) in [6.07, 6.45) is -0.111. The van der Waals surface area contributed by atoms with Crippen molar-refractivity contribution in [3.8, 4) is 5.75 Å². The van der Waals surface area contributed by atoms with Gasteiger partial charge in [0.2, 0.25) is 0 Å². The van der Waals surface area contributed by atoms with Gasteiger partial charge in [-0.3, -0.25) is 0 Å². The number of carbonyl (C=O) groups is 1. The van der Waals surface area contributed by atoms with E-state index in [0.717, 1.165) is 24.0 Å². The molecule has 1 aliphatic heterocycles. The first-order valence-corrected chi connectivity index (χ1v) is 12.3. The first-order chi connectivity index (χ1) is 16.1. The molecule has 0 amide bonds. The SMILES string of the molecule is CCCC(C)(COC(=O)Oc1c(C(C)C)cccc1C(C)C)CO[C@H]1C[C@@H](O)C[C@@H](CN=O)O1. The Kier molecular flexibility index (Phi) is 10.9. The van der Waals surface area contributed by atoms with E-state index in [4.69, 9.17) is 18.9 Å². The van der Waals surface area contributed by atoms with Gasteiger partial charge in [0.1, 0.15) is 18.9 Å². The van der Waals surface area contributed by atoms with Crippen molar-refractivity contribution in [3.05, 3.63) is 34.2 Å². The van der Waals surface area contributed by atoms with E-state index < -0.39 is 30.1 Å². The van der Waals surface area contributed by atoms with E-state index in [1.165, 1.54) is 0 Å². The van der Waals surface area contributed by atoms with E-state index in [1.807, 2.05) is 25.1 Å². The molecule has 8 nitrogen and oxygen atoms in total. The van der Waals surface area contributed by atoms with E-state index in [9.17, 15) is 14.8 Å². The van der Waals surface area contributed by atoms with Gasteiger partial charge in [0, 0.05) is 18.3 Å². The van der Waals surface area contributed by atoms with E-state index in [-0.39, 0.29) is 31.6 Å². The second-order valence-corrected chi connectivity index (χ2v) is 10.2. The molecule has 0 aliphatic carbocycles. The van der Waals surface area contributed by atoms with Crippen LogP contribution in [-0.4, -0.2) is 49.5 Å². The summed E-state index contributed by atoms with van der Waals surface area (Å²) >= 11 is 0. The molecule has 8 heteroatoms. The first-order valence-electron chi connectivity index (χ1n) is 12.3. The summed E-state index contributed by atoms with van der Waals surface area (Å²) in [4.78, 5) is 23.3. The quantitative estimate of drug-likeness (QED) is 0.226. The van der Waals surface area contributed by atoms with Gasteiger partial charge in [0.05, 0.1) is 18.8 Å². The maximum atomic E-state index is 12.7. The average molecular weight is 480 g/mol. The van der Waals surface area contributed by atoms with Crippen molar-refractivity contribution >= 4 is 6.16 Å². The lowest BCUT2D eigenvalue weighted by Gasteiger charge is -2.35. The molecule has 1 heterocycles. The van der Waals surface area contributed by atoms with Gasteiger partial charge in [-0.2, -0.15) is 4.91 Å². The van der Waals surface area contributed by atoms with Crippen LogP contribution in [0.3, 0.4) is 0 Å². The lowest BCUT2D eigenvalue weighted by Crippen LogP contribution is -2.41. The Balaban J connectivity index is 2.01. The number of para-hydroxylation sites is 1. The third kappa shape index (κ3) is 8.32. The number of hydrogen-bond donors (Lipinski definition) is 1. The largest absolute Gasteiger partial charge is 0.513 e. The topological polar surface area (TPSA) is 104 Å². The van der Waals surface area contributed by atoms with Crippen molar-refractivity contribution in [3.63, 3.8) is 0 Å². The van der Waals surface area contributed by atoms with Gasteiger partial charge in [-0.05, 0) is 29.4 Å². The maximum Gasteiger partial charge on any atom is 0.513 e. The number of hydrogen-bond acceptors (Lipinski definition) is 8. The van der Waals surface area contributed by atoms with Crippen molar-refractivity contribution in [2.24, 2.45) is 10.6 Å². The number of ether oxygens (including phenoxy) is 4. The highest BCUT2D eigenvalue weighted by Crippen LogP contribution is 2.35. The number of aliphatic hydroxyl groups is 1. The summed E-state index contributed by atoms with van der Waals surface area (Å²) in [5, 5.41) is 12.9. The molecule has 1 N–H and O–H groups in total. The molecule has 1 unspecified atom stereocenters. The Bertz CT molecular complexity index is 771. The van der Waals surface area contributed by atoms with Crippen molar-refractivity contribution in [2.45, 2.75) is 97.6 Å². The van der Waals surface area contributed by atoms with E-state index >= 15 is 0 Å². The minimum Gasteiger partial charge on any atom is -0.433 e. The summed E-state index contributed by atoms with van der Waals surface area (Å²) < 4.78 is 23.0. The van der Waals surface area contributed by atoms with Crippen molar-refractivity contribution in [2.75, 3.05) is 19.8 Å². The van der Waals surface area contributed by atoms with Crippen LogP contribution in [0.25, 0.3) is 0 Å². The summed E-state index contributed by atoms with van der Waals surface area (Å²) in [6, 6.07) is 5.93. The molecule has 0 saturated carbocycles. The summed E-state index contributed by atoms with van der Waals surface area (Å²) in [5.74, 6) is 0.971. The molecular weight excluding hydrogens is 438 g/mol. The van der Waals surface area contributed by atoms with Gasteiger partial charge in [0.25, 0.3) is 0 Å². The number of aliphatic hydroxyl groups excluding tert-OH is 1. The molecule has 1 aliphatic rings. The minimum atomic E-state index is -0.737. The molecule has 1 fully saturated rings. The minimum absolute atomic E-state index is 0.0195. The highest BCUT2D eigenvalue weighted by atomic mass is 16.7. The molecule has 1 saturated heterocycles. The smallest absolute Gasteiger partial charge is 0.433 e. The molecule has 0 spiro atoms. The molecule has 192 valence electrons. The second kappa shape index (κ2) is 13.2. The van der Waals surface area contributed by atoms with Crippen molar-refractivity contribution in [1.82, 2.24) is 0 Å². The zero-order valence-corrected chi connectivity index (χ0v) is 21.4. The lowest BCUT2D eigenvalue weighted by molar-refractivity contribution is -0.224. The summed E-state index contributed by atoms with van der Waals surface area (Å²) in [5.41, 5.74) is 1.47. The van der Waals surface area contributed by atoms with Crippen LogP contribution in [0.4, 0.5) is 4.79 Å². The fourth-order valence-electron chi connectivity index (χ4n) is 4.29. The van der Waals surface area contributed by atoms with Crippen LogP contribution in [0.2, 0.25) is 0 Å². The lowest BCUT2D eigenvalue weighted by atomic mass is 9.87. The number of benzene rings is 1. The monoisotopic (exact) mass is 479 g/mol. The van der Waals surface area contributed by atoms with Crippen LogP contribution in [0.5, 0.6) is 5.75 Å². The Hall–Kier alpha value is -2.03. The third-order valence-electron chi connectivity index (χ3n) is 6.14. The standard InChI is InChI=1S/C26H41NO7/c1-7-11-26(6,15-31-23-13-19(28)12-20(33-23)14-27-30)16-32-25(29)34-24-21(17(2)3)9-8-10-22(24)18(4)5/h8-10,17-20,23,28H,7,11-16H2,1-6H3/t19-,20-,23+,26?/m0/s1. The molecule has 34 heavy (non-hydrogen) atoms. The Morgan fingerprint density at radius 2 is 1.82 bits per heavy atom. The number of carbonyl (C=O) groups excluding carboxylic acids is 1. The first kappa shape index (κ1) is 28.2. The predicted molar refractivity (Wildman–Crippen MR) is 130 cm³/mol. The Morgan fingerprint density at radius 3 is 2.38 bits per heavy atom. The summed E-state index contributed by atoms with van der Waals surface area (Å²) in [6.45, 7) is 12.7. The molecule has 2 rings (SSSR count).